The number of carbonyl (C=O) groups excluding carboxylic acids is 2. The summed E-state index contributed by atoms with van der Waals surface area (Å²) in [6.45, 7) is 6.19. The van der Waals surface area contributed by atoms with E-state index in [1.165, 1.54) is 12.8 Å². The number of rotatable bonds is 5. The van der Waals surface area contributed by atoms with Gasteiger partial charge in [0.05, 0.1) is 0 Å². The summed E-state index contributed by atoms with van der Waals surface area (Å²) < 4.78 is 0. The summed E-state index contributed by atoms with van der Waals surface area (Å²) in [4.78, 5) is 27.9. The first-order chi connectivity index (χ1) is 11.4. The number of hydrogen-bond donors (Lipinski definition) is 2. The molecule has 130 valence electrons. The molecule has 1 saturated carbocycles. The van der Waals surface area contributed by atoms with E-state index in [1.54, 1.807) is 9.80 Å². The van der Waals surface area contributed by atoms with Crippen LogP contribution in [0.4, 0.5) is 15.3 Å². The molecule has 1 aromatic rings. The third-order valence-electron chi connectivity index (χ3n) is 5.51. The van der Waals surface area contributed by atoms with Crippen LogP contribution in [0.1, 0.15) is 32.3 Å². The zero-order valence-electron chi connectivity index (χ0n) is 14.6. The van der Waals surface area contributed by atoms with Crippen LogP contribution in [0.2, 0.25) is 0 Å². The predicted octanol–water partition coefficient (Wildman–Crippen LogP) is 2.86. The first-order valence-electron chi connectivity index (χ1n) is 8.55. The lowest BCUT2D eigenvalue weighted by Gasteiger charge is -2.30. The molecule has 0 bridgehead atoms. The number of para-hydroxylation sites is 1. The van der Waals surface area contributed by atoms with E-state index in [9.17, 15) is 9.59 Å². The lowest BCUT2D eigenvalue weighted by molar-refractivity contribution is 0.183. The topological polar surface area (TPSA) is 64.7 Å². The Morgan fingerprint density at radius 1 is 1.42 bits per heavy atom. The lowest BCUT2D eigenvalue weighted by atomic mass is 10.00. The summed E-state index contributed by atoms with van der Waals surface area (Å²) in [7, 11) is 1.85. The van der Waals surface area contributed by atoms with Crippen LogP contribution in [-0.2, 0) is 6.54 Å². The molecule has 2 fully saturated rings. The second-order valence-electron chi connectivity index (χ2n) is 7.18. The highest BCUT2D eigenvalue weighted by Gasteiger charge is 2.45. The van der Waals surface area contributed by atoms with E-state index in [0.717, 1.165) is 11.3 Å². The van der Waals surface area contributed by atoms with Crippen LogP contribution in [0.3, 0.4) is 0 Å². The molecule has 24 heavy (non-hydrogen) atoms. The lowest BCUT2D eigenvalue weighted by Crippen LogP contribution is -2.42. The van der Waals surface area contributed by atoms with Crippen molar-refractivity contribution in [1.82, 2.24) is 15.1 Å². The minimum absolute atomic E-state index is 0.0523. The molecule has 2 N–H and O–H groups in total. The Labute approximate surface area is 143 Å². The smallest absolute Gasteiger partial charge is 0.321 e. The fourth-order valence-corrected chi connectivity index (χ4v) is 3.11. The summed E-state index contributed by atoms with van der Waals surface area (Å²) in [6.07, 6.45) is 2.35. The largest absolute Gasteiger partial charge is 0.336 e. The third-order valence-corrected chi connectivity index (χ3v) is 5.51. The van der Waals surface area contributed by atoms with Gasteiger partial charge in [0.25, 0.3) is 0 Å². The van der Waals surface area contributed by atoms with E-state index >= 15 is 0 Å². The Morgan fingerprint density at radius 2 is 2.12 bits per heavy atom. The van der Waals surface area contributed by atoms with Crippen molar-refractivity contribution >= 4 is 17.7 Å². The monoisotopic (exact) mass is 330 g/mol. The molecule has 0 spiro atoms. The fraction of sp³-hybridized carbons (Fsp3) is 0.556. The van der Waals surface area contributed by atoms with Crippen LogP contribution in [0.5, 0.6) is 0 Å². The molecule has 6 heteroatoms. The second kappa shape index (κ2) is 6.34. The SMILES string of the molecule is C[C@H](N(C)C(=O)Nc1ccccc1CN1CCNC1=O)C1(C)CC1. The molecule has 0 aromatic heterocycles. The van der Waals surface area contributed by atoms with Crippen LogP contribution in [0, 0.1) is 5.41 Å². The van der Waals surface area contributed by atoms with Crippen molar-refractivity contribution in [2.75, 3.05) is 25.5 Å². The van der Waals surface area contributed by atoms with Crippen LogP contribution in [-0.4, -0.2) is 48.0 Å². The molecule has 1 aromatic carbocycles. The normalized spacial score (nSPS) is 19.6. The van der Waals surface area contributed by atoms with E-state index in [0.29, 0.717) is 19.6 Å². The number of benzene rings is 1. The van der Waals surface area contributed by atoms with Gasteiger partial charge >= 0.3 is 12.1 Å². The Morgan fingerprint density at radius 3 is 2.75 bits per heavy atom. The van der Waals surface area contributed by atoms with E-state index in [2.05, 4.69) is 24.5 Å². The van der Waals surface area contributed by atoms with Crippen molar-refractivity contribution < 1.29 is 9.59 Å². The van der Waals surface area contributed by atoms with Gasteiger partial charge in [-0.2, -0.15) is 0 Å². The zero-order valence-corrected chi connectivity index (χ0v) is 14.6. The average Bonchev–Trinajstić information content (AvgIpc) is 3.20. The third kappa shape index (κ3) is 3.32. The van der Waals surface area contributed by atoms with Gasteiger partial charge in [-0.1, -0.05) is 25.1 Å². The molecule has 1 saturated heterocycles. The maximum Gasteiger partial charge on any atom is 0.321 e. The van der Waals surface area contributed by atoms with Gasteiger partial charge in [0, 0.05) is 38.4 Å². The molecule has 6 nitrogen and oxygen atoms in total. The molecular formula is C18H26N4O2. The van der Waals surface area contributed by atoms with Crippen LogP contribution in [0.25, 0.3) is 0 Å². The highest BCUT2D eigenvalue weighted by molar-refractivity contribution is 5.90. The quantitative estimate of drug-likeness (QED) is 0.872. The highest BCUT2D eigenvalue weighted by Crippen LogP contribution is 2.49. The van der Waals surface area contributed by atoms with Crippen molar-refractivity contribution in [3.05, 3.63) is 29.8 Å². The Bertz CT molecular complexity index is 642. The summed E-state index contributed by atoms with van der Waals surface area (Å²) in [5.41, 5.74) is 1.96. The molecule has 1 atom stereocenters. The van der Waals surface area contributed by atoms with E-state index in [1.807, 2.05) is 31.3 Å². The molecule has 3 rings (SSSR count). The van der Waals surface area contributed by atoms with Gasteiger partial charge in [-0.3, -0.25) is 0 Å². The molecule has 1 aliphatic heterocycles. The van der Waals surface area contributed by atoms with Gasteiger partial charge in [-0.25, -0.2) is 9.59 Å². The van der Waals surface area contributed by atoms with E-state index < -0.39 is 0 Å². The van der Waals surface area contributed by atoms with Gasteiger partial charge in [0.2, 0.25) is 0 Å². The predicted molar refractivity (Wildman–Crippen MR) is 93.8 cm³/mol. The van der Waals surface area contributed by atoms with E-state index in [4.69, 9.17) is 0 Å². The molecule has 1 aliphatic carbocycles. The van der Waals surface area contributed by atoms with Crippen molar-refractivity contribution in [3.63, 3.8) is 0 Å². The van der Waals surface area contributed by atoms with E-state index in [-0.39, 0.29) is 23.5 Å². The summed E-state index contributed by atoms with van der Waals surface area (Å²) in [5, 5.41) is 5.81. The average molecular weight is 330 g/mol. The fourth-order valence-electron chi connectivity index (χ4n) is 3.11. The molecule has 1 heterocycles. The second-order valence-corrected chi connectivity index (χ2v) is 7.18. The van der Waals surface area contributed by atoms with Crippen LogP contribution in [0.15, 0.2) is 24.3 Å². The van der Waals surface area contributed by atoms with Gasteiger partial charge in [-0.05, 0) is 36.8 Å². The van der Waals surface area contributed by atoms with Crippen molar-refractivity contribution in [1.29, 1.82) is 0 Å². The van der Waals surface area contributed by atoms with Crippen molar-refractivity contribution in [2.24, 2.45) is 5.41 Å². The number of urea groups is 2. The van der Waals surface area contributed by atoms with Gasteiger partial charge in [0.15, 0.2) is 0 Å². The standard InChI is InChI=1S/C18H26N4O2/c1-13(18(2)8-9-18)21(3)17(24)20-15-7-5-4-6-14(15)12-22-11-10-19-16(22)23/h4-7,13H,8-12H2,1-3H3,(H,19,23)(H,20,24)/t13-/m0/s1. The number of amides is 4. The number of anilines is 1. The summed E-state index contributed by atoms with van der Waals surface area (Å²) in [5.74, 6) is 0. The van der Waals surface area contributed by atoms with Crippen LogP contribution >= 0.6 is 0 Å². The number of hydrogen-bond acceptors (Lipinski definition) is 2. The minimum Gasteiger partial charge on any atom is -0.336 e. The van der Waals surface area contributed by atoms with Crippen molar-refractivity contribution in [3.8, 4) is 0 Å². The molecule has 0 radical (unpaired) electrons. The maximum atomic E-state index is 12.6. The summed E-state index contributed by atoms with van der Waals surface area (Å²) in [6, 6.07) is 7.71. The Kier molecular flexibility index (Phi) is 4.39. The van der Waals surface area contributed by atoms with Gasteiger partial charge in [0.1, 0.15) is 0 Å². The van der Waals surface area contributed by atoms with Crippen LogP contribution < -0.4 is 10.6 Å². The number of carbonyl (C=O) groups is 2. The number of nitrogens with zero attached hydrogens (tertiary/aromatic N) is 2. The zero-order chi connectivity index (χ0) is 17.3. The van der Waals surface area contributed by atoms with Crippen molar-refractivity contribution in [2.45, 2.75) is 39.3 Å². The molecular weight excluding hydrogens is 304 g/mol. The first-order valence-corrected chi connectivity index (χ1v) is 8.55. The summed E-state index contributed by atoms with van der Waals surface area (Å²) >= 11 is 0. The van der Waals surface area contributed by atoms with Gasteiger partial charge in [-0.15, -0.1) is 0 Å². The first kappa shape index (κ1) is 16.6. The molecule has 2 aliphatic rings. The number of nitrogens with one attached hydrogen (secondary N) is 2. The highest BCUT2D eigenvalue weighted by atomic mass is 16.2. The Balaban J connectivity index is 1.68. The van der Waals surface area contributed by atoms with Gasteiger partial charge < -0.3 is 20.4 Å². The maximum absolute atomic E-state index is 12.6. The molecule has 0 unspecified atom stereocenters. The Hall–Kier alpha value is -2.24. The molecule has 4 amide bonds. The minimum atomic E-state index is -0.103.